The van der Waals surface area contributed by atoms with Crippen molar-refractivity contribution < 1.29 is 26.2 Å². The van der Waals surface area contributed by atoms with Crippen LogP contribution in [-0.4, -0.2) is 62.3 Å². The molecule has 232 valence electrons. The van der Waals surface area contributed by atoms with Crippen molar-refractivity contribution in [1.82, 2.24) is 0 Å². The molecule has 4 fully saturated rings. The van der Waals surface area contributed by atoms with E-state index in [1.165, 1.54) is 32.1 Å². The highest BCUT2D eigenvalue weighted by molar-refractivity contribution is 7.85. The molecule has 6 nitrogen and oxygen atoms in total. The summed E-state index contributed by atoms with van der Waals surface area (Å²) in [5, 5.41) is 0. The molecule has 0 aromatic carbocycles. The van der Waals surface area contributed by atoms with E-state index in [1.807, 2.05) is 0 Å². The Bertz CT molecular complexity index is 1040. The lowest BCUT2D eigenvalue weighted by Gasteiger charge is -2.51. The summed E-state index contributed by atoms with van der Waals surface area (Å²) in [6, 6.07) is 0. The third-order valence-corrected chi connectivity index (χ3v) is 12.7. The van der Waals surface area contributed by atoms with Gasteiger partial charge >= 0.3 is 0 Å². The van der Waals surface area contributed by atoms with E-state index in [4.69, 9.17) is 17.8 Å². The second-order valence-electron chi connectivity index (χ2n) is 16.1. The van der Waals surface area contributed by atoms with Crippen LogP contribution in [0.4, 0.5) is 0 Å². The lowest BCUT2D eigenvalue weighted by molar-refractivity contribution is -0.0548. The molecule has 40 heavy (non-hydrogen) atoms. The number of allylic oxidation sites excluding steroid dienone is 1. The predicted molar refractivity (Wildman–Crippen MR) is 168 cm³/mol. The van der Waals surface area contributed by atoms with Gasteiger partial charge in [-0.15, -0.1) is 0 Å². The highest BCUT2D eigenvalue weighted by Crippen LogP contribution is 2.70. The summed E-state index contributed by atoms with van der Waals surface area (Å²) in [5.41, 5.74) is -1.15. The number of hydrogen-bond acceptors (Lipinski definition) is 6. The summed E-state index contributed by atoms with van der Waals surface area (Å²) in [6.45, 7) is 23.4. The lowest BCUT2D eigenvalue weighted by atomic mass is 9.63. The number of hydrogen-bond donors (Lipinski definition) is 0. The maximum atomic E-state index is 11.9. The molecule has 2 unspecified atom stereocenters. The van der Waals surface area contributed by atoms with Crippen molar-refractivity contribution in [3.8, 4) is 0 Å². The van der Waals surface area contributed by atoms with Gasteiger partial charge in [0.2, 0.25) is 0 Å². The number of fused-ring (bicyclic) bond motifs is 3. The lowest BCUT2D eigenvalue weighted by Crippen LogP contribution is -2.53. The molecule has 0 N–H and O–H groups in total. The Labute approximate surface area is 248 Å². The van der Waals surface area contributed by atoms with Crippen LogP contribution in [0.25, 0.3) is 0 Å². The fourth-order valence-electron chi connectivity index (χ4n) is 8.77. The van der Waals surface area contributed by atoms with E-state index >= 15 is 0 Å². The van der Waals surface area contributed by atoms with E-state index in [0.29, 0.717) is 17.8 Å². The summed E-state index contributed by atoms with van der Waals surface area (Å²) >= 11 is 0. The van der Waals surface area contributed by atoms with Crippen LogP contribution in [0, 0.1) is 34.5 Å². The van der Waals surface area contributed by atoms with Crippen LogP contribution in [0.1, 0.15) is 86.5 Å². The molecule has 1 aliphatic heterocycles. The first-order valence-corrected chi connectivity index (χ1v) is 23.2. The van der Waals surface area contributed by atoms with Gasteiger partial charge in [-0.05, 0) is 86.4 Å². The first-order chi connectivity index (χ1) is 18.3. The molecule has 0 spiro atoms. The van der Waals surface area contributed by atoms with Gasteiger partial charge < -0.3 is 13.6 Å². The zero-order valence-electron chi connectivity index (χ0n) is 27.2. The van der Waals surface area contributed by atoms with E-state index in [1.54, 1.807) is 0 Å². The summed E-state index contributed by atoms with van der Waals surface area (Å²) in [7, 11) is -6.30. The molecule has 7 atom stereocenters. The predicted octanol–water partition coefficient (Wildman–Crippen LogP) is 6.46. The van der Waals surface area contributed by atoms with E-state index in [-0.39, 0.29) is 40.7 Å². The SMILES string of the molecule is C[SiH](C)O[C@@]12C[C@@H](C(C)(C)C)[C@H](C=C[C@@](O[SiH](C)C)(C3CCCCC3)C(C)(C)C)[C@@H]1CC1(COS(C)(=O)=O)OC12. The molecular formula is C31H58O6SSi2. The van der Waals surface area contributed by atoms with Crippen molar-refractivity contribution in [2.45, 2.75) is 136 Å². The molecule has 0 aromatic rings. The largest absolute Gasteiger partial charge is 0.412 e. The molecule has 0 aromatic heterocycles. The van der Waals surface area contributed by atoms with Gasteiger partial charge in [-0.1, -0.05) is 73.0 Å². The fraction of sp³-hybridized carbons (Fsp3) is 0.935. The van der Waals surface area contributed by atoms with Crippen LogP contribution in [0.3, 0.4) is 0 Å². The molecule has 0 radical (unpaired) electrons. The van der Waals surface area contributed by atoms with E-state index in [9.17, 15) is 8.42 Å². The average Bonchev–Trinajstić information content (AvgIpc) is 3.35. The standard InChI is InChI=1S/C31H58O6SSi2/c1-27(2,3)24-20-30(36-39(8)9)25(19-29(26(30)35-29)21-34-38(7,32)33)23(24)17-18-31(28(4,5)6,37-40(10)11)22-15-13-12-14-16-22/h17-18,22-26,39-40H,12-16,19-21H2,1-11H3/t23-,24+,25-,26?,29?,30-,31+/m0/s1. The van der Waals surface area contributed by atoms with Crippen molar-refractivity contribution in [3.05, 3.63) is 12.2 Å². The van der Waals surface area contributed by atoms with Gasteiger partial charge in [-0.2, -0.15) is 8.42 Å². The monoisotopic (exact) mass is 614 g/mol. The van der Waals surface area contributed by atoms with Gasteiger partial charge in [-0.3, -0.25) is 4.18 Å². The molecule has 0 bridgehead atoms. The van der Waals surface area contributed by atoms with Crippen LogP contribution in [0.2, 0.25) is 26.2 Å². The molecular weight excluding hydrogens is 557 g/mol. The number of ether oxygens (including phenoxy) is 1. The van der Waals surface area contributed by atoms with Gasteiger partial charge in [0.1, 0.15) is 11.7 Å². The van der Waals surface area contributed by atoms with E-state index < -0.39 is 33.8 Å². The van der Waals surface area contributed by atoms with Crippen LogP contribution < -0.4 is 0 Å². The van der Waals surface area contributed by atoms with Gasteiger partial charge in [0.25, 0.3) is 10.1 Å². The average molecular weight is 615 g/mol. The molecule has 4 rings (SSSR count). The number of rotatable bonds is 10. The third kappa shape index (κ3) is 6.27. The molecule has 3 saturated carbocycles. The Hall–Kier alpha value is -0.0362. The third-order valence-electron chi connectivity index (χ3n) is 10.3. The van der Waals surface area contributed by atoms with Crippen LogP contribution >= 0.6 is 0 Å². The Kier molecular flexibility index (Phi) is 9.16. The molecule has 9 heteroatoms. The van der Waals surface area contributed by atoms with Gasteiger partial charge in [0.15, 0.2) is 18.1 Å². The van der Waals surface area contributed by atoms with E-state index in [2.05, 4.69) is 79.9 Å². The quantitative estimate of drug-likeness (QED) is 0.122. The van der Waals surface area contributed by atoms with Gasteiger partial charge in [0.05, 0.1) is 24.1 Å². The zero-order valence-corrected chi connectivity index (χ0v) is 30.3. The van der Waals surface area contributed by atoms with Crippen molar-refractivity contribution in [2.75, 3.05) is 12.9 Å². The van der Waals surface area contributed by atoms with Crippen molar-refractivity contribution in [1.29, 1.82) is 0 Å². The highest BCUT2D eigenvalue weighted by atomic mass is 32.2. The van der Waals surface area contributed by atoms with E-state index in [0.717, 1.165) is 19.1 Å². The Morgan fingerprint density at radius 2 is 1.57 bits per heavy atom. The molecule has 1 heterocycles. The Morgan fingerprint density at radius 1 is 0.950 bits per heavy atom. The summed E-state index contributed by atoms with van der Waals surface area (Å²) in [6.07, 6.45) is 14.2. The first-order valence-electron chi connectivity index (χ1n) is 15.8. The maximum absolute atomic E-state index is 11.9. The fourth-order valence-corrected chi connectivity index (χ4v) is 11.9. The highest BCUT2D eigenvalue weighted by Gasteiger charge is 2.79. The summed E-state index contributed by atoms with van der Waals surface area (Å²) < 4.78 is 49.8. The van der Waals surface area contributed by atoms with Crippen LogP contribution in [0.15, 0.2) is 12.2 Å². The molecule has 3 aliphatic carbocycles. The maximum Gasteiger partial charge on any atom is 0.264 e. The Balaban J connectivity index is 1.77. The van der Waals surface area contributed by atoms with Gasteiger partial charge in [-0.25, -0.2) is 0 Å². The zero-order chi connectivity index (χ0) is 29.9. The van der Waals surface area contributed by atoms with Crippen molar-refractivity contribution >= 4 is 28.2 Å². The second kappa shape index (κ2) is 11.2. The summed E-state index contributed by atoms with van der Waals surface area (Å²) in [4.78, 5) is 0. The minimum absolute atomic E-state index is 0.0253. The molecule has 0 amide bonds. The topological polar surface area (TPSA) is 74.4 Å². The smallest absolute Gasteiger partial charge is 0.264 e. The number of epoxide rings is 1. The van der Waals surface area contributed by atoms with Crippen LogP contribution in [-0.2, 0) is 27.9 Å². The minimum Gasteiger partial charge on any atom is -0.412 e. The van der Waals surface area contributed by atoms with Crippen molar-refractivity contribution in [3.63, 3.8) is 0 Å². The van der Waals surface area contributed by atoms with Crippen molar-refractivity contribution in [2.24, 2.45) is 34.5 Å². The van der Waals surface area contributed by atoms with Crippen LogP contribution in [0.5, 0.6) is 0 Å². The second-order valence-corrected chi connectivity index (χ2v) is 22.4. The Morgan fingerprint density at radius 3 is 2.08 bits per heavy atom. The first kappa shape index (κ1) is 32.9. The minimum atomic E-state index is -3.55. The summed E-state index contributed by atoms with van der Waals surface area (Å²) in [5.74, 6) is 1.53. The normalized spacial score (nSPS) is 36.8. The molecule has 1 saturated heterocycles. The molecule has 4 aliphatic rings. The van der Waals surface area contributed by atoms with Gasteiger partial charge in [0, 0.05) is 0 Å².